The standard InChI is InChI=1S/C12H25N3O3Si/c1-4-10(13-16)7-19(8-11(5-2)14-17)9-12(6-3)15-18/h10-12,19H,4-9H2,1-3H3. The Bertz CT molecular complexity index is 236. The third-order valence-electron chi connectivity index (χ3n) is 3.68. The van der Waals surface area contributed by atoms with Crippen LogP contribution < -0.4 is 0 Å². The van der Waals surface area contributed by atoms with E-state index in [0.717, 1.165) is 18.1 Å². The number of nitrogens with zero attached hydrogens (tertiary/aromatic N) is 3. The van der Waals surface area contributed by atoms with Gasteiger partial charge in [-0.3, -0.25) is 0 Å². The summed E-state index contributed by atoms with van der Waals surface area (Å²) in [5.41, 5.74) is 0. The monoisotopic (exact) mass is 287 g/mol. The van der Waals surface area contributed by atoms with Gasteiger partial charge >= 0.3 is 0 Å². The van der Waals surface area contributed by atoms with E-state index in [-0.39, 0.29) is 18.1 Å². The fraction of sp³-hybridized carbons (Fsp3) is 1.00. The first kappa shape index (κ1) is 18.0. The Morgan fingerprint density at radius 2 is 0.947 bits per heavy atom. The Labute approximate surface area is 116 Å². The van der Waals surface area contributed by atoms with Gasteiger partial charge in [0.1, 0.15) is 0 Å². The fourth-order valence-electron chi connectivity index (χ4n) is 2.30. The highest BCUT2D eigenvalue weighted by molar-refractivity contribution is 6.59. The minimum Gasteiger partial charge on any atom is -0.151 e. The van der Waals surface area contributed by atoms with Crippen LogP contribution in [0.25, 0.3) is 0 Å². The average Bonchev–Trinajstić information content (AvgIpc) is 2.46. The lowest BCUT2D eigenvalue weighted by Gasteiger charge is -2.21. The highest BCUT2D eigenvalue weighted by atomic mass is 28.3. The second-order valence-corrected chi connectivity index (χ2v) is 8.22. The van der Waals surface area contributed by atoms with Crippen LogP contribution >= 0.6 is 0 Å². The van der Waals surface area contributed by atoms with Crippen LogP contribution in [0.3, 0.4) is 0 Å². The van der Waals surface area contributed by atoms with Crippen molar-refractivity contribution in [2.75, 3.05) is 0 Å². The maximum absolute atomic E-state index is 10.7. The summed E-state index contributed by atoms with van der Waals surface area (Å²) in [5.74, 6) is 0. The van der Waals surface area contributed by atoms with Gasteiger partial charge in [0.2, 0.25) is 0 Å². The molecule has 0 rings (SSSR count). The maximum atomic E-state index is 10.7. The number of nitroso groups, excluding NO2 is 3. The van der Waals surface area contributed by atoms with E-state index in [0.29, 0.717) is 19.3 Å². The summed E-state index contributed by atoms with van der Waals surface area (Å²) in [6, 6.07) is 1.67. The largest absolute Gasteiger partial charge is 0.151 e. The van der Waals surface area contributed by atoms with Crippen LogP contribution in [-0.2, 0) is 0 Å². The highest BCUT2D eigenvalue weighted by Gasteiger charge is 2.24. The summed E-state index contributed by atoms with van der Waals surface area (Å²) < 4.78 is 0. The van der Waals surface area contributed by atoms with E-state index < -0.39 is 8.80 Å². The molecule has 0 aromatic rings. The van der Waals surface area contributed by atoms with E-state index in [1.54, 1.807) is 0 Å². The first-order chi connectivity index (χ1) is 9.14. The first-order valence-electron chi connectivity index (χ1n) is 7.12. The van der Waals surface area contributed by atoms with Gasteiger partial charge in [-0.25, -0.2) is 0 Å². The lowest BCUT2D eigenvalue weighted by atomic mass is 10.3. The summed E-state index contributed by atoms with van der Waals surface area (Å²) in [6.45, 7) is 5.80. The Kier molecular flexibility index (Phi) is 10.3. The van der Waals surface area contributed by atoms with Gasteiger partial charge in [0.05, 0.1) is 18.1 Å². The second kappa shape index (κ2) is 10.9. The molecule has 7 heteroatoms. The normalized spacial score (nSPS) is 17.2. The second-order valence-electron chi connectivity index (χ2n) is 5.08. The van der Waals surface area contributed by atoms with Crippen molar-refractivity contribution in [1.29, 1.82) is 0 Å². The van der Waals surface area contributed by atoms with Crippen molar-refractivity contribution in [3.63, 3.8) is 0 Å². The first-order valence-corrected chi connectivity index (χ1v) is 9.57. The summed E-state index contributed by atoms with van der Waals surface area (Å²) in [5, 5.41) is 9.39. The SMILES string of the molecule is CCC(C[SiH](CC(CC)N=O)CC(CC)N=O)N=O. The predicted molar refractivity (Wildman–Crippen MR) is 81.2 cm³/mol. The zero-order valence-corrected chi connectivity index (χ0v) is 13.3. The molecule has 3 unspecified atom stereocenters. The zero-order chi connectivity index (χ0) is 14.7. The van der Waals surface area contributed by atoms with E-state index in [1.165, 1.54) is 0 Å². The number of hydrogen-bond donors (Lipinski definition) is 0. The van der Waals surface area contributed by atoms with Gasteiger partial charge in [-0.2, -0.15) is 14.7 Å². The van der Waals surface area contributed by atoms with Crippen molar-refractivity contribution in [2.45, 2.75) is 76.3 Å². The molecule has 19 heavy (non-hydrogen) atoms. The van der Waals surface area contributed by atoms with E-state index in [4.69, 9.17) is 0 Å². The maximum Gasteiger partial charge on any atom is 0.0891 e. The molecule has 0 radical (unpaired) electrons. The van der Waals surface area contributed by atoms with Crippen molar-refractivity contribution >= 4 is 8.80 Å². The lowest BCUT2D eigenvalue weighted by molar-refractivity contribution is 0.653. The summed E-state index contributed by atoms with van der Waals surface area (Å²) in [4.78, 5) is 32.2. The van der Waals surface area contributed by atoms with Crippen LogP contribution in [0.5, 0.6) is 0 Å². The number of rotatable bonds is 12. The fourth-order valence-corrected chi connectivity index (χ4v) is 6.44. The molecule has 110 valence electrons. The molecule has 0 saturated carbocycles. The van der Waals surface area contributed by atoms with Gasteiger partial charge in [0.25, 0.3) is 0 Å². The molecule has 0 fully saturated rings. The van der Waals surface area contributed by atoms with Crippen LogP contribution in [0.1, 0.15) is 40.0 Å². The molecule has 0 saturated heterocycles. The van der Waals surface area contributed by atoms with Crippen LogP contribution in [0.2, 0.25) is 18.1 Å². The topological polar surface area (TPSA) is 88.3 Å². The van der Waals surface area contributed by atoms with Gasteiger partial charge in [0.15, 0.2) is 0 Å². The van der Waals surface area contributed by atoms with Gasteiger partial charge in [-0.1, -0.05) is 36.3 Å². The van der Waals surface area contributed by atoms with Gasteiger partial charge < -0.3 is 0 Å². The van der Waals surface area contributed by atoms with Crippen molar-refractivity contribution in [3.8, 4) is 0 Å². The van der Waals surface area contributed by atoms with Crippen molar-refractivity contribution < 1.29 is 0 Å². The molecule has 0 amide bonds. The van der Waals surface area contributed by atoms with E-state index >= 15 is 0 Å². The molecular formula is C12H25N3O3Si. The molecule has 6 nitrogen and oxygen atoms in total. The minimum atomic E-state index is -1.39. The van der Waals surface area contributed by atoms with E-state index in [9.17, 15) is 14.7 Å². The third-order valence-corrected chi connectivity index (χ3v) is 7.31. The molecule has 0 aliphatic carbocycles. The lowest BCUT2D eigenvalue weighted by Crippen LogP contribution is -2.27. The Hall–Kier alpha value is -0.983. The summed E-state index contributed by atoms with van der Waals surface area (Å²) in [6.07, 6.45) is 2.14. The smallest absolute Gasteiger partial charge is 0.0891 e. The predicted octanol–water partition coefficient (Wildman–Crippen LogP) is 3.85. The van der Waals surface area contributed by atoms with Crippen LogP contribution in [0.4, 0.5) is 0 Å². The third kappa shape index (κ3) is 7.24. The summed E-state index contributed by atoms with van der Waals surface area (Å²) in [7, 11) is -1.39. The van der Waals surface area contributed by atoms with Crippen LogP contribution in [0.15, 0.2) is 15.5 Å². The zero-order valence-electron chi connectivity index (χ0n) is 12.1. The molecule has 0 N–H and O–H groups in total. The van der Waals surface area contributed by atoms with Crippen molar-refractivity contribution in [2.24, 2.45) is 15.5 Å². The molecular weight excluding hydrogens is 262 g/mol. The molecule has 0 heterocycles. The van der Waals surface area contributed by atoms with Gasteiger partial charge in [-0.15, -0.1) is 0 Å². The van der Waals surface area contributed by atoms with Gasteiger partial charge in [0, 0.05) is 8.80 Å². The van der Waals surface area contributed by atoms with E-state index in [1.807, 2.05) is 20.8 Å². The molecule has 0 aliphatic heterocycles. The highest BCUT2D eigenvalue weighted by Crippen LogP contribution is 2.21. The molecule has 0 aliphatic rings. The quantitative estimate of drug-likeness (QED) is 0.403. The van der Waals surface area contributed by atoms with Gasteiger partial charge in [-0.05, 0) is 37.4 Å². The Balaban J connectivity index is 4.64. The van der Waals surface area contributed by atoms with E-state index in [2.05, 4.69) is 15.5 Å². The molecule has 0 spiro atoms. The van der Waals surface area contributed by atoms with Crippen molar-refractivity contribution in [1.82, 2.24) is 0 Å². The molecule has 0 bridgehead atoms. The number of hydrogen-bond acceptors (Lipinski definition) is 6. The molecule has 0 aromatic carbocycles. The molecule has 0 aromatic heterocycles. The Morgan fingerprint density at radius 3 is 1.11 bits per heavy atom. The van der Waals surface area contributed by atoms with Crippen molar-refractivity contribution in [3.05, 3.63) is 14.7 Å². The van der Waals surface area contributed by atoms with Crippen LogP contribution in [0, 0.1) is 14.7 Å². The molecule has 3 atom stereocenters. The Morgan fingerprint density at radius 1 is 0.684 bits per heavy atom. The average molecular weight is 287 g/mol. The minimum absolute atomic E-state index is 0.190. The van der Waals surface area contributed by atoms with Crippen LogP contribution in [-0.4, -0.2) is 26.9 Å². The summed E-state index contributed by atoms with van der Waals surface area (Å²) >= 11 is 0.